The molecule has 1 amide bonds. The molecule has 1 fully saturated rings. The Morgan fingerprint density at radius 2 is 2.06 bits per heavy atom. The molecule has 0 bridgehead atoms. The highest BCUT2D eigenvalue weighted by molar-refractivity contribution is 7.08. The molecule has 35 heavy (non-hydrogen) atoms. The molecule has 0 radical (unpaired) electrons. The minimum absolute atomic E-state index is 0.0677. The Morgan fingerprint density at radius 1 is 1.20 bits per heavy atom. The van der Waals surface area contributed by atoms with Gasteiger partial charge in [-0.3, -0.25) is 4.79 Å². The van der Waals surface area contributed by atoms with Gasteiger partial charge in [0.2, 0.25) is 5.91 Å². The summed E-state index contributed by atoms with van der Waals surface area (Å²) >= 11 is 7.87. The zero-order valence-corrected chi connectivity index (χ0v) is 21.1. The summed E-state index contributed by atoms with van der Waals surface area (Å²) in [5, 5.41) is 5.67. The molecule has 5 rings (SSSR count). The lowest BCUT2D eigenvalue weighted by Gasteiger charge is -2.27. The van der Waals surface area contributed by atoms with Gasteiger partial charge in [0, 0.05) is 35.7 Å². The summed E-state index contributed by atoms with van der Waals surface area (Å²) in [6, 6.07) is 17.7. The first kappa shape index (κ1) is 23.8. The third kappa shape index (κ3) is 5.67. The Bertz CT molecular complexity index is 1300. The van der Waals surface area contributed by atoms with Crippen molar-refractivity contribution in [3.05, 3.63) is 81.5 Å². The van der Waals surface area contributed by atoms with Gasteiger partial charge in [-0.25, -0.2) is 4.98 Å². The lowest BCUT2D eigenvalue weighted by Crippen LogP contribution is -2.38. The van der Waals surface area contributed by atoms with Crippen LogP contribution in [0.2, 0.25) is 5.02 Å². The van der Waals surface area contributed by atoms with E-state index in [1.54, 1.807) is 18.4 Å². The third-order valence-electron chi connectivity index (χ3n) is 6.32. The summed E-state index contributed by atoms with van der Waals surface area (Å²) in [5.74, 6) is 0.876. The maximum absolute atomic E-state index is 13.5. The number of aromatic nitrogens is 1. The Balaban J connectivity index is 1.53. The summed E-state index contributed by atoms with van der Waals surface area (Å²) in [7, 11) is 1.65. The number of pyridine rings is 1. The van der Waals surface area contributed by atoms with Gasteiger partial charge in [0.25, 0.3) is 0 Å². The number of methoxy groups -OCH3 is 1. The number of thiophene rings is 1. The average molecular weight is 507 g/mol. The van der Waals surface area contributed by atoms with E-state index < -0.39 is 0 Å². The van der Waals surface area contributed by atoms with Crippen LogP contribution in [-0.4, -0.2) is 42.2 Å². The summed E-state index contributed by atoms with van der Waals surface area (Å²) in [5.41, 5.74) is 4.65. The van der Waals surface area contributed by atoms with Crippen molar-refractivity contribution in [1.82, 2.24) is 9.88 Å². The molecule has 180 valence electrons. The van der Waals surface area contributed by atoms with E-state index in [1.165, 1.54) is 0 Å². The van der Waals surface area contributed by atoms with Crippen molar-refractivity contribution in [3.8, 4) is 17.0 Å². The standard InChI is InChI=1S/C28H27ClN2O3S/c1-33-24-8-5-20(6-9-24)28-22(14-21-4-7-23(29)15-26(21)30-28)16-31(17-25-3-2-11-34-25)27(32)13-19-10-12-35-18-19/h4-10,12,14-15,18,25H,2-3,11,13,16-17H2,1H3. The van der Waals surface area contributed by atoms with Crippen molar-refractivity contribution in [2.75, 3.05) is 20.3 Å². The lowest BCUT2D eigenvalue weighted by molar-refractivity contribution is -0.132. The zero-order chi connectivity index (χ0) is 24.2. The number of carbonyl (C=O) groups is 1. The molecular weight excluding hydrogens is 480 g/mol. The predicted molar refractivity (Wildman–Crippen MR) is 141 cm³/mol. The number of hydrogen-bond acceptors (Lipinski definition) is 5. The molecule has 1 unspecified atom stereocenters. The van der Waals surface area contributed by atoms with Gasteiger partial charge in [0.05, 0.1) is 30.8 Å². The van der Waals surface area contributed by atoms with E-state index in [-0.39, 0.29) is 12.0 Å². The summed E-state index contributed by atoms with van der Waals surface area (Å²) in [6.07, 6.45) is 2.46. The second-order valence-electron chi connectivity index (χ2n) is 8.78. The molecule has 1 saturated heterocycles. The Kier molecular flexibility index (Phi) is 7.32. The summed E-state index contributed by atoms with van der Waals surface area (Å²) < 4.78 is 11.2. The van der Waals surface area contributed by atoms with Gasteiger partial charge in [-0.15, -0.1) is 0 Å². The smallest absolute Gasteiger partial charge is 0.227 e. The van der Waals surface area contributed by atoms with Gasteiger partial charge in [-0.05, 0) is 83.3 Å². The number of benzene rings is 2. The molecule has 1 atom stereocenters. The van der Waals surface area contributed by atoms with E-state index in [4.69, 9.17) is 26.1 Å². The molecule has 1 aliphatic rings. The molecule has 0 saturated carbocycles. The van der Waals surface area contributed by atoms with Gasteiger partial charge >= 0.3 is 0 Å². The van der Waals surface area contributed by atoms with Crippen LogP contribution in [0, 0.1) is 0 Å². The number of carbonyl (C=O) groups excluding carboxylic acids is 1. The van der Waals surface area contributed by atoms with E-state index >= 15 is 0 Å². The van der Waals surface area contributed by atoms with Gasteiger partial charge in [-0.1, -0.05) is 17.7 Å². The molecule has 1 aliphatic heterocycles. The second-order valence-corrected chi connectivity index (χ2v) is 10.00. The minimum atomic E-state index is 0.0677. The first-order valence-electron chi connectivity index (χ1n) is 11.7. The topological polar surface area (TPSA) is 51.7 Å². The van der Waals surface area contributed by atoms with E-state index in [2.05, 4.69) is 6.07 Å². The van der Waals surface area contributed by atoms with Gasteiger partial charge in [-0.2, -0.15) is 11.3 Å². The van der Waals surface area contributed by atoms with Crippen molar-refractivity contribution in [3.63, 3.8) is 0 Å². The number of amides is 1. The first-order chi connectivity index (χ1) is 17.1. The maximum Gasteiger partial charge on any atom is 0.227 e. The van der Waals surface area contributed by atoms with E-state index in [9.17, 15) is 4.79 Å². The molecule has 7 heteroatoms. The molecule has 0 N–H and O–H groups in total. The molecule has 3 heterocycles. The maximum atomic E-state index is 13.5. The zero-order valence-electron chi connectivity index (χ0n) is 19.6. The lowest BCUT2D eigenvalue weighted by atomic mass is 10.0. The molecule has 2 aromatic carbocycles. The molecule has 0 spiro atoms. The first-order valence-corrected chi connectivity index (χ1v) is 13.0. The largest absolute Gasteiger partial charge is 0.497 e. The van der Waals surface area contributed by atoms with E-state index in [0.29, 0.717) is 24.5 Å². The van der Waals surface area contributed by atoms with Crippen LogP contribution in [0.3, 0.4) is 0 Å². The number of nitrogens with zero attached hydrogens (tertiary/aromatic N) is 2. The monoisotopic (exact) mass is 506 g/mol. The fourth-order valence-electron chi connectivity index (χ4n) is 4.48. The van der Waals surface area contributed by atoms with Crippen LogP contribution in [-0.2, 0) is 22.5 Å². The van der Waals surface area contributed by atoms with Crippen molar-refractivity contribution in [2.45, 2.75) is 31.9 Å². The molecular formula is C28H27ClN2O3S. The van der Waals surface area contributed by atoms with Gasteiger partial charge in [0.15, 0.2) is 0 Å². The number of hydrogen-bond donors (Lipinski definition) is 0. The fraction of sp³-hybridized carbons (Fsp3) is 0.286. The fourth-order valence-corrected chi connectivity index (χ4v) is 5.31. The van der Waals surface area contributed by atoms with E-state index in [1.807, 2.05) is 64.2 Å². The van der Waals surface area contributed by atoms with Crippen LogP contribution in [0.25, 0.3) is 22.2 Å². The van der Waals surface area contributed by atoms with Crippen LogP contribution in [0.1, 0.15) is 24.0 Å². The molecule has 5 nitrogen and oxygen atoms in total. The van der Waals surface area contributed by atoms with Crippen LogP contribution >= 0.6 is 22.9 Å². The average Bonchev–Trinajstić information content (AvgIpc) is 3.58. The van der Waals surface area contributed by atoms with Crippen molar-refractivity contribution >= 4 is 39.7 Å². The third-order valence-corrected chi connectivity index (χ3v) is 7.29. The number of ether oxygens (including phenoxy) is 2. The SMILES string of the molecule is COc1ccc(-c2nc3cc(Cl)ccc3cc2CN(CC2CCCO2)C(=O)Cc2ccsc2)cc1. The molecule has 4 aromatic rings. The normalized spacial score (nSPS) is 15.4. The van der Waals surface area contributed by atoms with Gasteiger partial charge < -0.3 is 14.4 Å². The highest BCUT2D eigenvalue weighted by atomic mass is 35.5. The number of fused-ring (bicyclic) bond motifs is 1. The van der Waals surface area contributed by atoms with Crippen LogP contribution in [0.15, 0.2) is 65.4 Å². The van der Waals surface area contributed by atoms with Crippen molar-refractivity contribution in [1.29, 1.82) is 0 Å². The Labute approximate surface area is 214 Å². The Morgan fingerprint density at radius 3 is 2.77 bits per heavy atom. The second kappa shape index (κ2) is 10.8. The Hall–Kier alpha value is -2.93. The van der Waals surface area contributed by atoms with Crippen molar-refractivity contribution < 1.29 is 14.3 Å². The predicted octanol–water partition coefficient (Wildman–Crippen LogP) is 6.38. The van der Waals surface area contributed by atoms with Crippen molar-refractivity contribution in [2.24, 2.45) is 0 Å². The summed E-state index contributed by atoms with van der Waals surface area (Å²) in [4.78, 5) is 20.4. The van der Waals surface area contributed by atoms with E-state index in [0.717, 1.165) is 58.5 Å². The molecule has 0 aliphatic carbocycles. The minimum Gasteiger partial charge on any atom is -0.497 e. The highest BCUT2D eigenvalue weighted by Crippen LogP contribution is 2.30. The van der Waals surface area contributed by atoms with Crippen LogP contribution in [0.4, 0.5) is 0 Å². The summed E-state index contributed by atoms with van der Waals surface area (Å²) in [6.45, 7) is 1.78. The van der Waals surface area contributed by atoms with Crippen LogP contribution < -0.4 is 4.74 Å². The number of halogens is 1. The molecule has 2 aromatic heterocycles. The quantitative estimate of drug-likeness (QED) is 0.278. The van der Waals surface area contributed by atoms with Crippen LogP contribution in [0.5, 0.6) is 5.75 Å². The number of rotatable bonds is 8. The van der Waals surface area contributed by atoms with Gasteiger partial charge in [0.1, 0.15) is 5.75 Å². The highest BCUT2D eigenvalue weighted by Gasteiger charge is 2.24.